The molecule has 0 bridgehead atoms. The van der Waals surface area contributed by atoms with E-state index in [2.05, 4.69) is 0 Å². The summed E-state index contributed by atoms with van der Waals surface area (Å²) >= 11 is 11.6. The molecule has 1 aromatic heterocycles. The minimum absolute atomic E-state index is 0.164. The van der Waals surface area contributed by atoms with Crippen molar-refractivity contribution >= 4 is 23.2 Å². The molecule has 1 heterocycles. The highest BCUT2D eigenvalue weighted by atomic mass is 35.5. The fourth-order valence-corrected chi connectivity index (χ4v) is 2.26. The van der Waals surface area contributed by atoms with E-state index in [1.807, 2.05) is 34.9 Å². The number of nitrogens with zero attached hydrogens (tertiary/aromatic N) is 1. The van der Waals surface area contributed by atoms with E-state index < -0.39 is 0 Å². The average Bonchev–Trinajstić information content (AvgIpc) is 2.48. The normalized spacial score (nSPS) is 10.5. The van der Waals surface area contributed by atoms with Gasteiger partial charge in [-0.15, -0.1) is 23.2 Å². The van der Waals surface area contributed by atoms with Gasteiger partial charge in [-0.2, -0.15) is 0 Å². The Morgan fingerprint density at radius 1 is 1.15 bits per heavy atom. The minimum atomic E-state index is -0.164. The molecule has 0 unspecified atom stereocenters. The van der Waals surface area contributed by atoms with Crippen molar-refractivity contribution in [2.24, 2.45) is 0 Å². The molecule has 2 aromatic rings. The quantitative estimate of drug-likeness (QED) is 0.766. The van der Waals surface area contributed by atoms with Crippen LogP contribution in [0.25, 0.3) is 0 Å². The molecule has 0 amide bonds. The topological polar surface area (TPSA) is 31.2 Å². The van der Waals surface area contributed by atoms with Crippen molar-refractivity contribution in [1.82, 2.24) is 4.57 Å². The lowest BCUT2D eigenvalue weighted by Gasteiger charge is -2.13. The average molecular weight is 312 g/mol. The van der Waals surface area contributed by atoms with Crippen molar-refractivity contribution in [2.45, 2.75) is 19.0 Å². The summed E-state index contributed by atoms with van der Waals surface area (Å²) in [4.78, 5) is 11.9. The van der Waals surface area contributed by atoms with E-state index in [-0.39, 0.29) is 11.3 Å². The number of aromatic nitrogens is 1. The summed E-state index contributed by atoms with van der Waals surface area (Å²) in [6.07, 6.45) is 1.67. The Balaban J connectivity index is 2.19. The van der Waals surface area contributed by atoms with Gasteiger partial charge >= 0.3 is 0 Å². The molecule has 0 fully saturated rings. The highest BCUT2D eigenvalue weighted by molar-refractivity contribution is 6.18. The molecule has 2 rings (SSSR count). The van der Waals surface area contributed by atoms with Gasteiger partial charge in [0.25, 0.3) is 0 Å². The van der Waals surface area contributed by atoms with Crippen LogP contribution in [0, 0.1) is 0 Å². The molecule has 0 saturated heterocycles. The second-order valence-corrected chi connectivity index (χ2v) is 4.93. The van der Waals surface area contributed by atoms with Gasteiger partial charge in [-0.05, 0) is 5.56 Å². The monoisotopic (exact) mass is 311 g/mol. The first-order chi connectivity index (χ1) is 9.74. The van der Waals surface area contributed by atoms with E-state index in [0.717, 1.165) is 11.3 Å². The highest BCUT2D eigenvalue weighted by Crippen LogP contribution is 2.11. The van der Waals surface area contributed by atoms with E-state index in [0.29, 0.717) is 24.8 Å². The van der Waals surface area contributed by atoms with Gasteiger partial charge in [0.15, 0.2) is 5.75 Å². The Morgan fingerprint density at radius 3 is 2.55 bits per heavy atom. The van der Waals surface area contributed by atoms with Crippen LogP contribution in [-0.2, 0) is 19.0 Å². The summed E-state index contributed by atoms with van der Waals surface area (Å²) in [5, 5.41) is 0. The van der Waals surface area contributed by atoms with Gasteiger partial charge in [0.05, 0.1) is 12.1 Å². The number of aryl methyl sites for hydroxylation is 1. The Bertz CT molecular complexity index is 611. The number of hydrogen-bond acceptors (Lipinski definition) is 2. The number of benzene rings is 1. The third kappa shape index (κ3) is 3.78. The molecule has 0 aliphatic carbocycles. The van der Waals surface area contributed by atoms with Gasteiger partial charge in [-0.3, -0.25) is 4.79 Å². The second kappa shape index (κ2) is 7.36. The summed E-state index contributed by atoms with van der Waals surface area (Å²) in [5.74, 6) is 1.03. The highest BCUT2D eigenvalue weighted by Gasteiger charge is 2.07. The van der Waals surface area contributed by atoms with Crippen molar-refractivity contribution in [3.8, 4) is 5.75 Å². The molecule has 0 saturated carbocycles. The smallest absolute Gasteiger partial charge is 0.223 e. The van der Waals surface area contributed by atoms with Crippen LogP contribution in [0.2, 0.25) is 0 Å². The van der Waals surface area contributed by atoms with Gasteiger partial charge in [-0.25, -0.2) is 0 Å². The van der Waals surface area contributed by atoms with E-state index in [1.165, 1.54) is 6.07 Å². The van der Waals surface area contributed by atoms with Crippen molar-refractivity contribution in [2.75, 3.05) is 5.88 Å². The Morgan fingerprint density at radius 2 is 1.90 bits per heavy atom. The summed E-state index contributed by atoms with van der Waals surface area (Å²) in [6.45, 7) is 0.947. The predicted molar refractivity (Wildman–Crippen MR) is 81.8 cm³/mol. The number of pyridine rings is 1. The van der Waals surface area contributed by atoms with Crippen LogP contribution in [0.4, 0.5) is 0 Å². The lowest BCUT2D eigenvalue weighted by atomic mass is 10.2. The minimum Gasteiger partial charge on any atom is -0.483 e. The number of alkyl halides is 2. The number of rotatable bonds is 6. The molecule has 20 heavy (non-hydrogen) atoms. The van der Waals surface area contributed by atoms with Gasteiger partial charge in [0.2, 0.25) is 5.43 Å². The largest absolute Gasteiger partial charge is 0.483 e. The molecule has 1 aromatic carbocycles. The zero-order valence-electron chi connectivity index (χ0n) is 10.9. The maximum Gasteiger partial charge on any atom is 0.223 e. The van der Waals surface area contributed by atoms with Crippen LogP contribution in [0.15, 0.2) is 47.4 Å². The van der Waals surface area contributed by atoms with Crippen LogP contribution in [-0.4, -0.2) is 10.4 Å². The van der Waals surface area contributed by atoms with Crippen LogP contribution in [0.5, 0.6) is 5.75 Å². The molecule has 0 spiro atoms. The summed E-state index contributed by atoms with van der Waals surface area (Å²) in [6, 6.07) is 11.2. The molecule has 0 aliphatic heterocycles. The predicted octanol–water partition coefficient (Wildman–Crippen LogP) is 3.40. The first-order valence-corrected chi connectivity index (χ1v) is 7.33. The SMILES string of the molecule is O=c1cc(CCl)n(CCCl)cc1OCc1ccccc1. The second-order valence-electron chi connectivity index (χ2n) is 4.28. The van der Waals surface area contributed by atoms with Crippen molar-refractivity contribution < 1.29 is 4.74 Å². The Labute approximate surface area is 127 Å². The summed E-state index contributed by atoms with van der Waals surface area (Å²) in [5.41, 5.74) is 1.59. The molecule has 3 nitrogen and oxygen atoms in total. The van der Waals surface area contributed by atoms with E-state index in [1.54, 1.807) is 6.20 Å². The van der Waals surface area contributed by atoms with Crippen LogP contribution in [0.3, 0.4) is 0 Å². The van der Waals surface area contributed by atoms with E-state index in [4.69, 9.17) is 27.9 Å². The zero-order chi connectivity index (χ0) is 14.4. The third-order valence-corrected chi connectivity index (χ3v) is 3.32. The van der Waals surface area contributed by atoms with Crippen molar-refractivity contribution in [1.29, 1.82) is 0 Å². The lowest BCUT2D eigenvalue weighted by molar-refractivity contribution is 0.300. The summed E-state index contributed by atoms with van der Waals surface area (Å²) in [7, 11) is 0. The molecule has 0 N–H and O–H groups in total. The zero-order valence-corrected chi connectivity index (χ0v) is 12.4. The maximum atomic E-state index is 11.9. The molecule has 0 radical (unpaired) electrons. The first kappa shape index (κ1) is 14.9. The fourth-order valence-electron chi connectivity index (χ4n) is 1.85. The number of halogens is 2. The first-order valence-electron chi connectivity index (χ1n) is 6.26. The molecular weight excluding hydrogens is 297 g/mol. The maximum absolute atomic E-state index is 11.9. The third-order valence-electron chi connectivity index (χ3n) is 2.88. The summed E-state index contributed by atoms with van der Waals surface area (Å²) < 4.78 is 7.44. The van der Waals surface area contributed by atoms with Gasteiger partial charge < -0.3 is 9.30 Å². The lowest BCUT2D eigenvalue weighted by Crippen LogP contribution is -2.15. The Kier molecular flexibility index (Phi) is 5.50. The molecule has 5 heteroatoms. The number of hydrogen-bond donors (Lipinski definition) is 0. The Hall–Kier alpha value is -1.45. The number of ether oxygens (including phenoxy) is 1. The van der Waals surface area contributed by atoms with E-state index in [9.17, 15) is 4.79 Å². The van der Waals surface area contributed by atoms with Gasteiger partial charge in [0.1, 0.15) is 6.61 Å². The van der Waals surface area contributed by atoms with Crippen molar-refractivity contribution in [3.63, 3.8) is 0 Å². The van der Waals surface area contributed by atoms with Crippen LogP contribution in [0.1, 0.15) is 11.3 Å². The van der Waals surface area contributed by atoms with Gasteiger partial charge in [-0.1, -0.05) is 30.3 Å². The molecule has 0 atom stereocenters. The standard InChI is InChI=1S/C15H15Cl2NO2/c16-6-7-18-10-15(14(19)8-13(18)9-17)20-11-12-4-2-1-3-5-12/h1-5,8,10H,6-7,9,11H2. The fraction of sp³-hybridized carbons (Fsp3) is 0.267. The molecular formula is C15H15Cl2NO2. The van der Waals surface area contributed by atoms with Crippen molar-refractivity contribution in [3.05, 3.63) is 64.1 Å². The molecule has 106 valence electrons. The van der Waals surface area contributed by atoms with E-state index >= 15 is 0 Å². The van der Waals surface area contributed by atoms with Crippen LogP contribution < -0.4 is 10.2 Å². The van der Waals surface area contributed by atoms with Crippen LogP contribution >= 0.6 is 23.2 Å². The molecule has 0 aliphatic rings. The van der Waals surface area contributed by atoms with Gasteiger partial charge in [0, 0.05) is 24.2 Å².